The minimum absolute atomic E-state index is 0.199. The molecule has 0 unspecified atom stereocenters. The fraction of sp³-hybridized carbons (Fsp3) is 0.222. The van der Waals surface area contributed by atoms with E-state index < -0.39 is 16.0 Å². The molecule has 3 N–H and O–H groups in total. The maximum absolute atomic E-state index is 11.8. The molecule has 0 saturated heterocycles. The van der Waals surface area contributed by atoms with Crippen molar-refractivity contribution in [1.82, 2.24) is 4.31 Å². The third-order valence-electron chi connectivity index (χ3n) is 1.99. The molecule has 0 aliphatic rings. The van der Waals surface area contributed by atoms with Crippen molar-refractivity contribution >= 4 is 21.7 Å². The Labute approximate surface area is 93.3 Å². The van der Waals surface area contributed by atoms with Crippen molar-refractivity contribution in [3.8, 4) is 0 Å². The third kappa shape index (κ3) is 2.15. The van der Waals surface area contributed by atoms with E-state index in [4.69, 9.17) is 10.8 Å². The number of hydrogen-bond donors (Lipinski definition) is 2. The maximum Gasteiger partial charge on any atom is 0.337 e. The van der Waals surface area contributed by atoms with E-state index in [2.05, 4.69) is 0 Å². The van der Waals surface area contributed by atoms with Crippen LogP contribution in [-0.4, -0.2) is 37.9 Å². The number of carbonyl (C=O) groups is 1. The van der Waals surface area contributed by atoms with E-state index in [1.54, 1.807) is 0 Å². The number of nitrogen functional groups attached to an aromatic ring is 1. The number of rotatable bonds is 3. The Morgan fingerprint density at radius 2 is 1.94 bits per heavy atom. The van der Waals surface area contributed by atoms with E-state index in [1.807, 2.05) is 0 Å². The van der Waals surface area contributed by atoms with Crippen molar-refractivity contribution in [3.05, 3.63) is 23.8 Å². The topological polar surface area (TPSA) is 101 Å². The average molecular weight is 244 g/mol. The Balaban J connectivity index is 3.54. The molecule has 0 radical (unpaired) electrons. The van der Waals surface area contributed by atoms with Crippen molar-refractivity contribution in [2.24, 2.45) is 0 Å². The second kappa shape index (κ2) is 4.11. The van der Waals surface area contributed by atoms with Gasteiger partial charge in [-0.1, -0.05) is 0 Å². The summed E-state index contributed by atoms with van der Waals surface area (Å²) < 4.78 is 24.6. The average Bonchev–Trinajstić information content (AvgIpc) is 2.16. The highest BCUT2D eigenvalue weighted by molar-refractivity contribution is 7.89. The monoisotopic (exact) mass is 244 g/mol. The van der Waals surface area contributed by atoms with Crippen molar-refractivity contribution < 1.29 is 18.3 Å². The number of carboxylic acid groups (broad SMARTS) is 1. The number of carboxylic acids is 1. The molecule has 0 spiro atoms. The largest absolute Gasteiger partial charge is 0.478 e. The molecule has 0 saturated carbocycles. The molecule has 1 aromatic carbocycles. The molecule has 1 rings (SSSR count). The first kappa shape index (κ1) is 12.5. The molecule has 0 heterocycles. The van der Waals surface area contributed by atoms with E-state index in [9.17, 15) is 13.2 Å². The molecule has 0 fully saturated rings. The SMILES string of the molecule is CN(C)S(=O)(=O)c1cc(N)ccc1C(=O)O. The fourth-order valence-corrected chi connectivity index (χ4v) is 2.24. The summed E-state index contributed by atoms with van der Waals surface area (Å²) in [6, 6.07) is 3.66. The van der Waals surface area contributed by atoms with Crippen LogP contribution in [0.15, 0.2) is 23.1 Å². The van der Waals surface area contributed by atoms with E-state index in [0.29, 0.717) is 0 Å². The Morgan fingerprint density at radius 1 is 1.38 bits per heavy atom. The highest BCUT2D eigenvalue weighted by Crippen LogP contribution is 2.21. The van der Waals surface area contributed by atoms with Gasteiger partial charge in [0.25, 0.3) is 0 Å². The molecule has 0 aromatic heterocycles. The van der Waals surface area contributed by atoms with Gasteiger partial charge in [0, 0.05) is 19.8 Å². The van der Waals surface area contributed by atoms with Gasteiger partial charge in [-0.25, -0.2) is 17.5 Å². The van der Waals surface area contributed by atoms with Crippen molar-refractivity contribution in [3.63, 3.8) is 0 Å². The molecule has 0 amide bonds. The molecule has 1 aromatic rings. The van der Waals surface area contributed by atoms with Crippen molar-refractivity contribution in [2.45, 2.75) is 4.90 Å². The van der Waals surface area contributed by atoms with Gasteiger partial charge < -0.3 is 10.8 Å². The molecule has 7 heteroatoms. The zero-order valence-electron chi connectivity index (χ0n) is 8.84. The van der Waals surface area contributed by atoms with Gasteiger partial charge in [-0.15, -0.1) is 0 Å². The number of benzene rings is 1. The molecule has 88 valence electrons. The number of aromatic carboxylic acids is 1. The van der Waals surface area contributed by atoms with Gasteiger partial charge in [0.15, 0.2) is 0 Å². The summed E-state index contributed by atoms with van der Waals surface area (Å²) in [4.78, 5) is 10.6. The Hall–Kier alpha value is -1.60. The van der Waals surface area contributed by atoms with E-state index in [1.165, 1.54) is 26.2 Å². The van der Waals surface area contributed by atoms with Gasteiger partial charge in [-0.2, -0.15) is 0 Å². The minimum Gasteiger partial charge on any atom is -0.478 e. The van der Waals surface area contributed by atoms with Crippen LogP contribution < -0.4 is 5.73 Å². The summed E-state index contributed by atoms with van der Waals surface area (Å²) in [6.45, 7) is 0. The summed E-state index contributed by atoms with van der Waals surface area (Å²) in [5.41, 5.74) is 5.36. The first-order chi connectivity index (χ1) is 7.26. The molecule has 6 nitrogen and oxygen atoms in total. The first-order valence-electron chi connectivity index (χ1n) is 4.32. The fourth-order valence-electron chi connectivity index (χ4n) is 1.13. The number of sulfonamides is 1. The Bertz CT molecular complexity index is 522. The van der Waals surface area contributed by atoms with Crippen LogP contribution in [0.2, 0.25) is 0 Å². The number of nitrogens with two attached hydrogens (primary N) is 1. The standard InChI is InChI=1S/C9H12N2O4S/c1-11(2)16(14,15)8-5-6(10)3-4-7(8)9(12)13/h3-5H,10H2,1-2H3,(H,12,13). The summed E-state index contributed by atoms with van der Waals surface area (Å²) in [5.74, 6) is -1.31. The molecule has 0 bridgehead atoms. The summed E-state index contributed by atoms with van der Waals surface area (Å²) >= 11 is 0. The van der Waals surface area contributed by atoms with Gasteiger partial charge in [-0.3, -0.25) is 0 Å². The van der Waals surface area contributed by atoms with Gasteiger partial charge in [0.2, 0.25) is 10.0 Å². The highest BCUT2D eigenvalue weighted by atomic mass is 32.2. The summed E-state index contributed by atoms with van der Waals surface area (Å²) in [6.07, 6.45) is 0. The lowest BCUT2D eigenvalue weighted by molar-refractivity contribution is 0.0692. The zero-order valence-corrected chi connectivity index (χ0v) is 9.65. The summed E-state index contributed by atoms with van der Waals surface area (Å²) in [7, 11) is -1.16. The summed E-state index contributed by atoms with van der Waals surface area (Å²) in [5, 5.41) is 8.88. The molecule has 0 atom stereocenters. The van der Waals surface area contributed by atoms with Crippen LogP contribution in [-0.2, 0) is 10.0 Å². The van der Waals surface area contributed by atoms with E-state index in [-0.39, 0.29) is 16.1 Å². The van der Waals surface area contributed by atoms with E-state index >= 15 is 0 Å². The van der Waals surface area contributed by atoms with E-state index in [0.717, 1.165) is 10.4 Å². The zero-order chi connectivity index (χ0) is 12.5. The first-order valence-corrected chi connectivity index (χ1v) is 5.76. The van der Waals surface area contributed by atoms with Crippen LogP contribution in [0.5, 0.6) is 0 Å². The third-order valence-corrected chi connectivity index (χ3v) is 3.85. The molecule has 0 aliphatic heterocycles. The lowest BCUT2D eigenvalue weighted by Gasteiger charge is -2.13. The van der Waals surface area contributed by atoms with Gasteiger partial charge in [0.05, 0.1) is 10.5 Å². The second-order valence-corrected chi connectivity index (χ2v) is 5.47. The second-order valence-electron chi connectivity index (χ2n) is 3.35. The van der Waals surface area contributed by atoms with Crippen molar-refractivity contribution in [1.29, 1.82) is 0 Å². The quantitative estimate of drug-likeness (QED) is 0.740. The van der Waals surface area contributed by atoms with Crippen LogP contribution >= 0.6 is 0 Å². The minimum atomic E-state index is -3.80. The smallest absolute Gasteiger partial charge is 0.337 e. The van der Waals surface area contributed by atoms with Crippen molar-refractivity contribution in [2.75, 3.05) is 19.8 Å². The van der Waals surface area contributed by atoms with Crippen LogP contribution in [0.25, 0.3) is 0 Å². The molecular formula is C9H12N2O4S. The Kier molecular flexibility index (Phi) is 3.20. The van der Waals surface area contributed by atoms with Crippen LogP contribution in [0.1, 0.15) is 10.4 Å². The van der Waals surface area contributed by atoms with Crippen LogP contribution in [0.3, 0.4) is 0 Å². The maximum atomic E-state index is 11.8. The molecule has 0 aliphatic carbocycles. The lowest BCUT2D eigenvalue weighted by Crippen LogP contribution is -2.24. The van der Waals surface area contributed by atoms with Crippen LogP contribution in [0, 0.1) is 0 Å². The van der Waals surface area contributed by atoms with Gasteiger partial charge in [-0.05, 0) is 18.2 Å². The van der Waals surface area contributed by atoms with Gasteiger partial charge >= 0.3 is 5.97 Å². The number of anilines is 1. The number of nitrogens with zero attached hydrogens (tertiary/aromatic N) is 1. The molecule has 16 heavy (non-hydrogen) atoms. The lowest BCUT2D eigenvalue weighted by atomic mass is 10.2. The highest BCUT2D eigenvalue weighted by Gasteiger charge is 2.24. The number of hydrogen-bond acceptors (Lipinski definition) is 4. The predicted molar refractivity (Wildman–Crippen MR) is 58.7 cm³/mol. The van der Waals surface area contributed by atoms with Gasteiger partial charge in [0.1, 0.15) is 0 Å². The molecular weight excluding hydrogens is 232 g/mol. The normalized spacial score (nSPS) is 11.7. The predicted octanol–water partition coefficient (Wildman–Crippen LogP) is 0.217. The van der Waals surface area contributed by atoms with Crippen LogP contribution in [0.4, 0.5) is 5.69 Å². The Morgan fingerprint density at radius 3 is 2.38 bits per heavy atom.